The maximum absolute atomic E-state index is 13.8. The zero-order valence-corrected chi connectivity index (χ0v) is 18.5. The number of ketones is 1. The fourth-order valence-electron chi connectivity index (χ4n) is 4.82. The minimum Gasteiger partial charge on any atom is -0.497 e. The predicted octanol–water partition coefficient (Wildman–Crippen LogP) is 3.99. The summed E-state index contributed by atoms with van der Waals surface area (Å²) < 4.78 is 18.4. The highest BCUT2D eigenvalue weighted by molar-refractivity contribution is 5.99. The topological polar surface area (TPSA) is 87.7 Å². The lowest BCUT2D eigenvalue weighted by atomic mass is 9.77. The number of carbonyl (C=O) groups excluding carboxylic acids is 1. The van der Waals surface area contributed by atoms with Gasteiger partial charge < -0.3 is 18.5 Å². The number of allylic oxidation sites excluding steroid dienone is 3. The molecule has 1 unspecified atom stereocenters. The van der Waals surface area contributed by atoms with Gasteiger partial charge in [-0.1, -0.05) is 6.08 Å². The van der Waals surface area contributed by atoms with Gasteiger partial charge in [-0.3, -0.25) is 9.59 Å². The molecule has 0 N–H and O–H groups in total. The normalized spacial score (nSPS) is 17.4. The van der Waals surface area contributed by atoms with Gasteiger partial charge in [-0.2, -0.15) is 0 Å². The number of hydrogen-bond donors (Lipinski definition) is 0. The van der Waals surface area contributed by atoms with E-state index >= 15 is 0 Å². The molecule has 1 atom stereocenters. The van der Waals surface area contributed by atoms with Gasteiger partial charge in [0.25, 0.3) is 5.56 Å². The first-order valence-corrected chi connectivity index (χ1v) is 10.8. The molecule has 5 rings (SSSR count). The summed E-state index contributed by atoms with van der Waals surface area (Å²) >= 11 is 0. The molecule has 0 saturated heterocycles. The number of benzene rings is 1. The molecule has 1 aliphatic heterocycles. The largest absolute Gasteiger partial charge is 0.497 e. The van der Waals surface area contributed by atoms with Crippen LogP contribution in [0, 0.1) is 6.92 Å². The Morgan fingerprint density at radius 1 is 1.18 bits per heavy atom. The van der Waals surface area contributed by atoms with Crippen molar-refractivity contribution in [2.75, 3.05) is 7.11 Å². The molecule has 7 nitrogen and oxygen atoms in total. The van der Waals surface area contributed by atoms with E-state index in [-0.39, 0.29) is 23.5 Å². The standard InChI is InChI=1S/C26H23NO6/c1-4-10-27-18-9-8-16(31-3)12-15(18)13-17(25(27)29)22-23-19(28)6-5-7-20(23)33-21-11-14(2)32-26(30)24(21)22/h4,8-9,11-13,22H,1,5-7,10H2,2-3H3. The van der Waals surface area contributed by atoms with Gasteiger partial charge >= 0.3 is 5.63 Å². The predicted molar refractivity (Wildman–Crippen MR) is 123 cm³/mol. The first kappa shape index (κ1) is 21.0. The number of Topliss-reactive ketones (excluding diaryl/α,β-unsaturated/α-hetero) is 1. The van der Waals surface area contributed by atoms with E-state index in [1.807, 2.05) is 12.1 Å². The third-order valence-electron chi connectivity index (χ3n) is 6.24. The maximum Gasteiger partial charge on any atom is 0.343 e. The third kappa shape index (κ3) is 3.31. The van der Waals surface area contributed by atoms with Gasteiger partial charge in [0.15, 0.2) is 5.78 Å². The average Bonchev–Trinajstić information content (AvgIpc) is 2.79. The van der Waals surface area contributed by atoms with Crippen molar-refractivity contribution in [1.29, 1.82) is 0 Å². The minimum absolute atomic E-state index is 0.118. The molecule has 0 radical (unpaired) electrons. The molecule has 3 aromatic rings. The quantitative estimate of drug-likeness (QED) is 0.565. The van der Waals surface area contributed by atoms with Crippen LogP contribution in [0.2, 0.25) is 0 Å². The van der Waals surface area contributed by atoms with Crippen LogP contribution >= 0.6 is 0 Å². The minimum atomic E-state index is -0.868. The highest BCUT2D eigenvalue weighted by Crippen LogP contribution is 2.45. The monoisotopic (exact) mass is 445 g/mol. The first-order chi connectivity index (χ1) is 15.9. The average molecular weight is 445 g/mol. The second-order valence-electron chi connectivity index (χ2n) is 8.30. The number of methoxy groups -OCH3 is 1. The molecule has 7 heteroatoms. The molecule has 168 valence electrons. The summed E-state index contributed by atoms with van der Waals surface area (Å²) in [6.45, 7) is 5.72. The number of ether oxygens (including phenoxy) is 2. The molecule has 33 heavy (non-hydrogen) atoms. The first-order valence-electron chi connectivity index (χ1n) is 10.8. The Morgan fingerprint density at radius 3 is 2.76 bits per heavy atom. The van der Waals surface area contributed by atoms with Gasteiger partial charge in [-0.15, -0.1) is 6.58 Å². The van der Waals surface area contributed by atoms with E-state index < -0.39 is 11.5 Å². The Bertz CT molecular complexity index is 1470. The van der Waals surface area contributed by atoms with Crippen molar-refractivity contribution >= 4 is 16.7 Å². The zero-order chi connectivity index (χ0) is 23.3. The van der Waals surface area contributed by atoms with Crippen molar-refractivity contribution in [3.63, 3.8) is 0 Å². The van der Waals surface area contributed by atoms with Crippen molar-refractivity contribution in [3.8, 4) is 11.5 Å². The summed E-state index contributed by atoms with van der Waals surface area (Å²) in [7, 11) is 1.57. The molecule has 0 spiro atoms. The van der Waals surface area contributed by atoms with Crippen molar-refractivity contribution in [1.82, 2.24) is 4.57 Å². The Hall–Kier alpha value is -3.87. The Kier molecular flexibility index (Phi) is 5.04. The van der Waals surface area contributed by atoms with E-state index in [0.29, 0.717) is 58.9 Å². The van der Waals surface area contributed by atoms with Gasteiger partial charge in [-0.05, 0) is 37.6 Å². The SMILES string of the molecule is C=CCn1c(=O)c(C2C3=C(CCCC3=O)Oc3cc(C)oc(=O)c32)cc2cc(OC)ccc21. The summed E-state index contributed by atoms with van der Waals surface area (Å²) in [5.41, 5.74) is 0.669. The fraction of sp³-hybridized carbons (Fsp3) is 0.269. The lowest BCUT2D eigenvalue weighted by molar-refractivity contribution is -0.116. The number of fused-ring (bicyclic) bond motifs is 2. The summed E-state index contributed by atoms with van der Waals surface area (Å²) in [5, 5.41) is 0.751. The molecular weight excluding hydrogens is 422 g/mol. The van der Waals surface area contributed by atoms with Crippen LogP contribution in [0.4, 0.5) is 0 Å². The van der Waals surface area contributed by atoms with Crippen LogP contribution in [0.3, 0.4) is 0 Å². The maximum atomic E-state index is 13.8. The van der Waals surface area contributed by atoms with Crippen LogP contribution < -0.4 is 20.7 Å². The molecular formula is C26H23NO6. The lowest BCUT2D eigenvalue weighted by Gasteiger charge is -2.31. The van der Waals surface area contributed by atoms with Crippen LogP contribution in [0.5, 0.6) is 11.5 Å². The van der Waals surface area contributed by atoms with Crippen LogP contribution in [0.25, 0.3) is 10.9 Å². The number of aromatic nitrogens is 1. The van der Waals surface area contributed by atoms with Crippen molar-refractivity contribution in [3.05, 3.63) is 92.0 Å². The van der Waals surface area contributed by atoms with E-state index in [1.54, 1.807) is 42.9 Å². The highest BCUT2D eigenvalue weighted by Gasteiger charge is 2.40. The second-order valence-corrected chi connectivity index (χ2v) is 8.30. The molecule has 0 saturated carbocycles. The molecule has 3 heterocycles. The number of hydrogen-bond acceptors (Lipinski definition) is 6. The summed E-state index contributed by atoms with van der Waals surface area (Å²) in [6, 6.07) is 8.81. The van der Waals surface area contributed by atoms with Gasteiger partial charge in [0.2, 0.25) is 0 Å². The molecule has 0 amide bonds. The van der Waals surface area contributed by atoms with E-state index in [1.165, 1.54) is 0 Å². The Labute approximate surface area is 189 Å². The summed E-state index contributed by atoms with van der Waals surface area (Å²) in [5.74, 6) is 0.904. The second kappa shape index (κ2) is 7.92. The molecule has 0 fully saturated rings. The van der Waals surface area contributed by atoms with Crippen molar-refractivity contribution in [2.45, 2.75) is 38.6 Å². The van der Waals surface area contributed by atoms with Gasteiger partial charge in [0.1, 0.15) is 23.0 Å². The number of pyridine rings is 1. The van der Waals surface area contributed by atoms with Crippen molar-refractivity contribution < 1.29 is 18.7 Å². The van der Waals surface area contributed by atoms with E-state index in [4.69, 9.17) is 13.9 Å². The number of rotatable bonds is 4. The summed E-state index contributed by atoms with van der Waals surface area (Å²) in [6.07, 6.45) is 3.21. The van der Waals surface area contributed by atoms with E-state index in [0.717, 1.165) is 5.39 Å². The van der Waals surface area contributed by atoms with Crippen LogP contribution in [0.15, 0.2) is 68.3 Å². The molecule has 2 aliphatic rings. The molecule has 1 aromatic carbocycles. The van der Waals surface area contributed by atoms with Gasteiger partial charge in [-0.25, -0.2) is 4.79 Å². The van der Waals surface area contributed by atoms with Crippen LogP contribution in [0.1, 0.15) is 42.1 Å². The molecule has 2 aromatic heterocycles. The number of carbonyl (C=O) groups is 1. The third-order valence-corrected chi connectivity index (χ3v) is 6.24. The zero-order valence-electron chi connectivity index (χ0n) is 18.5. The Balaban J connectivity index is 1.88. The summed E-state index contributed by atoms with van der Waals surface area (Å²) in [4.78, 5) is 39.9. The smallest absolute Gasteiger partial charge is 0.343 e. The highest BCUT2D eigenvalue weighted by atomic mass is 16.5. The van der Waals surface area contributed by atoms with Gasteiger partial charge in [0.05, 0.1) is 24.1 Å². The van der Waals surface area contributed by atoms with Gasteiger partial charge in [0, 0.05) is 42.0 Å². The Morgan fingerprint density at radius 2 is 2.00 bits per heavy atom. The number of nitrogens with zero attached hydrogens (tertiary/aromatic N) is 1. The van der Waals surface area contributed by atoms with E-state index in [2.05, 4.69) is 6.58 Å². The fourth-order valence-corrected chi connectivity index (χ4v) is 4.82. The molecule has 0 bridgehead atoms. The lowest BCUT2D eigenvalue weighted by Crippen LogP contribution is -2.34. The van der Waals surface area contributed by atoms with Crippen LogP contribution in [-0.4, -0.2) is 17.5 Å². The van der Waals surface area contributed by atoms with Crippen molar-refractivity contribution in [2.24, 2.45) is 0 Å². The van der Waals surface area contributed by atoms with Crippen LogP contribution in [-0.2, 0) is 11.3 Å². The number of aryl methyl sites for hydroxylation is 1. The molecule has 1 aliphatic carbocycles. The van der Waals surface area contributed by atoms with E-state index in [9.17, 15) is 14.4 Å².